The lowest BCUT2D eigenvalue weighted by molar-refractivity contribution is 0.0209. The van der Waals surface area contributed by atoms with Crippen molar-refractivity contribution >= 4 is 23.5 Å². The van der Waals surface area contributed by atoms with E-state index in [0.29, 0.717) is 11.7 Å². The summed E-state index contributed by atoms with van der Waals surface area (Å²) in [5.74, 6) is 0.784. The van der Waals surface area contributed by atoms with Gasteiger partial charge in [-0.25, -0.2) is 4.79 Å². The number of piperidine rings is 1. The molecule has 6 nitrogen and oxygen atoms in total. The molecule has 2 rings (SSSR count). The van der Waals surface area contributed by atoms with Crippen LogP contribution in [0.5, 0.6) is 0 Å². The molecule has 0 N–H and O–H groups in total. The van der Waals surface area contributed by atoms with Gasteiger partial charge in [0, 0.05) is 20.1 Å². The van der Waals surface area contributed by atoms with E-state index in [-0.39, 0.29) is 12.1 Å². The zero-order chi connectivity index (χ0) is 16.3. The molecule has 22 heavy (non-hydrogen) atoms. The predicted octanol–water partition coefficient (Wildman–Crippen LogP) is 2.97. The summed E-state index contributed by atoms with van der Waals surface area (Å²) in [6, 6.07) is 3.68. The molecule has 1 fully saturated rings. The zero-order valence-electron chi connectivity index (χ0n) is 13.5. The third-order valence-electron chi connectivity index (χ3n) is 3.57. The highest BCUT2D eigenvalue weighted by Gasteiger charge is 2.29. The molecule has 1 aliphatic rings. The molecular formula is C15H23ClN4O2. The van der Waals surface area contributed by atoms with Gasteiger partial charge in [0.15, 0.2) is 11.0 Å². The molecule has 1 aliphatic heterocycles. The Kier molecular flexibility index (Phi) is 5.11. The van der Waals surface area contributed by atoms with Crippen molar-refractivity contribution in [3.05, 3.63) is 17.3 Å². The number of carbonyl (C=O) groups is 1. The molecule has 1 aromatic rings. The lowest BCUT2D eigenvalue weighted by Crippen LogP contribution is -2.50. The van der Waals surface area contributed by atoms with Crippen LogP contribution in [0.4, 0.5) is 10.6 Å². The van der Waals surface area contributed by atoms with Crippen LogP contribution in [0.15, 0.2) is 12.1 Å². The fourth-order valence-electron chi connectivity index (χ4n) is 2.44. The smallest absolute Gasteiger partial charge is 0.410 e. The lowest BCUT2D eigenvalue weighted by atomic mass is 10.0. The van der Waals surface area contributed by atoms with E-state index in [1.165, 1.54) is 0 Å². The van der Waals surface area contributed by atoms with Crippen molar-refractivity contribution in [2.75, 3.05) is 25.0 Å². The van der Waals surface area contributed by atoms with Crippen molar-refractivity contribution in [1.29, 1.82) is 0 Å². The molecule has 0 spiro atoms. The summed E-state index contributed by atoms with van der Waals surface area (Å²) in [5, 5.41) is 8.36. The number of nitrogens with zero attached hydrogens (tertiary/aromatic N) is 4. The van der Waals surface area contributed by atoms with Gasteiger partial charge in [-0.15, -0.1) is 10.2 Å². The quantitative estimate of drug-likeness (QED) is 0.836. The fraction of sp³-hybridized carbons (Fsp3) is 0.667. The van der Waals surface area contributed by atoms with E-state index in [4.69, 9.17) is 16.3 Å². The van der Waals surface area contributed by atoms with Gasteiger partial charge in [0.2, 0.25) is 0 Å². The molecule has 2 heterocycles. The van der Waals surface area contributed by atoms with Crippen molar-refractivity contribution in [2.45, 2.75) is 45.3 Å². The van der Waals surface area contributed by atoms with Gasteiger partial charge in [0.1, 0.15) is 5.60 Å². The highest BCUT2D eigenvalue weighted by molar-refractivity contribution is 6.29. The van der Waals surface area contributed by atoms with E-state index >= 15 is 0 Å². The van der Waals surface area contributed by atoms with Crippen LogP contribution in [-0.2, 0) is 4.74 Å². The molecule has 0 radical (unpaired) electrons. The van der Waals surface area contributed by atoms with E-state index in [1.807, 2.05) is 26.8 Å². The van der Waals surface area contributed by atoms with Crippen molar-refractivity contribution < 1.29 is 9.53 Å². The zero-order valence-corrected chi connectivity index (χ0v) is 14.3. The molecule has 1 amide bonds. The number of hydrogen-bond donors (Lipinski definition) is 0. The molecule has 7 heteroatoms. The van der Waals surface area contributed by atoms with Crippen molar-refractivity contribution in [2.24, 2.45) is 0 Å². The van der Waals surface area contributed by atoms with Crippen LogP contribution >= 0.6 is 11.6 Å². The largest absolute Gasteiger partial charge is 0.444 e. The van der Waals surface area contributed by atoms with Crippen molar-refractivity contribution in [1.82, 2.24) is 15.1 Å². The van der Waals surface area contributed by atoms with Gasteiger partial charge in [-0.3, -0.25) is 0 Å². The average molecular weight is 327 g/mol. The van der Waals surface area contributed by atoms with E-state index in [1.54, 1.807) is 18.0 Å². The summed E-state index contributed by atoms with van der Waals surface area (Å²) in [7, 11) is 1.79. The summed E-state index contributed by atoms with van der Waals surface area (Å²) >= 11 is 5.77. The Morgan fingerprint density at radius 2 is 2.14 bits per heavy atom. The second kappa shape index (κ2) is 6.69. The molecule has 0 aromatic carbocycles. The number of likely N-dealkylation sites (N-methyl/N-ethyl adjacent to an activating group) is 1. The van der Waals surface area contributed by atoms with Crippen molar-refractivity contribution in [3.63, 3.8) is 0 Å². The Morgan fingerprint density at radius 1 is 1.41 bits per heavy atom. The number of ether oxygens (including phenoxy) is 1. The molecule has 0 bridgehead atoms. The summed E-state index contributed by atoms with van der Waals surface area (Å²) in [6.07, 6.45) is 1.65. The maximum Gasteiger partial charge on any atom is 0.410 e. The van der Waals surface area contributed by atoms with Gasteiger partial charge >= 0.3 is 6.09 Å². The number of anilines is 1. The van der Waals surface area contributed by atoms with Gasteiger partial charge in [0.05, 0.1) is 6.04 Å². The minimum atomic E-state index is -0.485. The Bertz CT molecular complexity index is 515. The van der Waals surface area contributed by atoms with Gasteiger partial charge < -0.3 is 14.5 Å². The fourth-order valence-corrected chi connectivity index (χ4v) is 2.54. The van der Waals surface area contributed by atoms with Gasteiger partial charge in [-0.05, 0) is 45.7 Å². The van der Waals surface area contributed by atoms with E-state index in [0.717, 1.165) is 25.2 Å². The first-order valence-electron chi connectivity index (χ1n) is 7.46. The summed E-state index contributed by atoms with van der Waals surface area (Å²) in [6.45, 7) is 7.22. The topological polar surface area (TPSA) is 58.6 Å². The normalized spacial score (nSPS) is 19.0. The molecular weight excluding hydrogens is 304 g/mol. The Balaban J connectivity index is 2.00. The maximum absolute atomic E-state index is 12.2. The SMILES string of the molecule is CN(C(=O)OC(C)(C)C)C1CCCN(c2ccc(Cl)nn2)C1. The number of amides is 1. The molecule has 1 saturated heterocycles. The van der Waals surface area contributed by atoms with Gasteiger partial charge in [-0.1, -0.05) is 11.6 Å². The Hall–Kier alpha value is -1.56. The van der Waals surface area contributed by atoms with Crippen molar-refractivity contribution in [3.8, 4) is 0 Å². The summed E-state index contributed by atoms with van der Waals surface area (Å²) in [4.78, 5) is 16.0. The van der Waals surface area contributed by atoms with E-state index < -0.39 is 5.60 Å². The van der Waals surface area contributed by atoms with Crippen LogP contribution in [-0.4, -0.2) is 53.0 Å². The monoisotopic (exact) mass is 326 g/mol. The predicted molar refractivity (Wildman–Crippen MR) is 86.3 cm³/mol. The van der Waals surface area contributed by atoms with Crippen LogP contribution < -0.4 is 4.90 Å². The number of rotatable bonds is 2. The third kappa shape index (κ3) is 4.47. The molecule has 0 aliphatic carbocycles. The average Bonchev–Trinajstić information content (AvgIpc) is 2.45. The first-order valence-corrected chi connectivity index (χ1v) is 7.84. The summed E-state index contributed by atoms with van der Waals surface area (Å²) < 4.78 is 5.43. The number of carbonyl (C=O) groups excluding carboxylic acids is 1. The van der Waals surface area contributed by atoms with Crippen LogP contribution in [0.25, 0.3) is 0 Å². The van der Waals surface area contributed by atoms with E-state index in [9.17, 15) is 4.79 Å². The third-order valence-corrected chi connectivity index (χ3v) is 3.77. The first kappa shape index (κ1) is 16.8. The van der Waals surface area contributed by atoms with Gasteiger partial charge in [0.25, 0.3) is 0 Å². The van der Waals surface area contributed by atoms with Crippen LogP contribution in [0.1, 0.15) is 33.6 Å². The first-order chi connectivity index (χ1) is 10.3. The van der Waals surface area contributed by atoms with Gasteiger partial charge in [-0.2, -0.15) is 0 Å². The highest BCUT2D eigenvalue weighted by Crippen LogP contribution is 2.22. The molecule has 1 atom stereocenters. The van der Waals surface area contributed by atoms with Crippen LogP contribution in [0.3, 0.4) is 0 Å². The molecule has 1 aromatic heterocycles. The lowest BCUT2D eigenvalue weighted by Gasteiger charge is -2.38. The number of aromatic nitrogens is 2. The minimum absolute atomic E-state index is 0.0982. The Labute approximate surface area is 136 Å². The van der Waals surface area contributed by atoms with Crippen LogP contribution in [0.2, 0.25) is 5.15 Å². The standard InChI is InChI=1S/C15H23ClN4O2/c1-15(2,3)22-14(21)19(4)11-6-5-9-20(10-11)13-8-7-12(16)17-18-13/h7-8,11H,5-6,9-10H2,1-4H3. The maximum atomic E-state index is 12.2. The second-order valence-corrected chi connectivity index (χ2v) is 6.93. The van der Waals surface area contributed by atoms with E-state index in [2.05, 4.69) is 15.1 Å². The minimum Gasteiger partial charge on any atom is -0.444 e. The number of halogens is 1. The summed E-state index contributed by atoms with van der Waals surface area (Å²) in [5.41, 5.74) is -0.485. The number of hydrogen-bond acceptors (Lipinski definition) is 5. The van der Waals surface area contributed by atoms with Crippen LogP contribution in [0, 0.1) is 0 Å². The molecule has 1 unspecified atom stereocenters. The second-order valence-electron chi connectivity index (χ2n) is 6.55. The molecule has 122 valence electrons. The molecule has 0 saturated carbocycles. The highest BCUT2D eigenvalue weighted by atomic mass is 35.5. The Morgan fingerprint density at radius 3 is 2.73 bits per heavy atom.